The first-order valence-electron chi connectivity index (χ1n) is 10.9. The number of benzene rings is 1. The summed E-state index contributed by atoms with van der Waals surface area (Å²) in [6.45, 7) is 3.78. The number of phenols is 1. The predicted molar refractivity (Wildman–Crippen MR) is 118 cm³/mol. The van der Waals surface area contributed by atoms with Crippen molar-refractivity contribution in [3.63, 3.8) is 0 Å². The summed E-state index contributed by atoms with van der Waals surface area (Å²) in [7, 11) is 0. The number of tetrazole rings is 1. The molecule has 3 heterocycles. The molecule has 8 heteroatoms. The minimum Gasteiger partial charge on any atom is -0.508 e. The number of aromatic nitrogens is 4. The fraction of sp³-hybridized carbons (Fsp3) is 0.500. The molecular weight excluding hydrogens is 396 g/mol. The number of aromatic hydroxyl groups is 1. The summed E-state index contributed by atoms with van der Waals surface area (Å²) in [5.41, 5.74) is 1.16. The van der Waals surface area contributed by atoms with E-state index in [1.807, 2.05) is 12.1 Å². The standard InChI is InChI=1S/C22H28N6OS/c29-19-10-8-17(9-11-19)26-12-14-27(15-13-26)21(20-7-4-16-30-20)22-23-24-25-28(22)18-5-2-1-3-6-18/h4,7-11,16,18,21,29H,1-3,5-6,12-15H2. The first kappa shape index (κ1) is 19.5. The zero-order valence-corrected chi connectivity index (χ0v) is 17.9. The van der Waals surface area contributed by atoms with E-state index in [0.29, 0.717) is 11.8 Å². The van der Waals surface area contributed by atoms with Gasteiger partial charge >= 0.3 is 0 Å². The van der Waals surface area contributed by atoms with E-state index in [4.69, 9.17) is 0 Å². The smallest absolute Gasteiger partial charge is 0.174 e. The molecule has 1 N–H and O–H groups in total. The van der Waals surface area contributed by atoms with Gasteiger partial charge in [0.15, 0.2) is 5.82 Å². The van der Waals surface area contributed by atoms with Gasteiger partial charge in [0.25, 0.3) is 0 Å². The number of hydrogen-bond acceptors (Lipinski definition) is 7. The van der Waals surface area contributed by atoms with Gasteiger partial charge < -0.3 is 10.0 Å². The molecule has 1 aromatic carbocycles. The molecule has 0 bridgehead atoms. The Morgan fingerprint density at radius 1 is 0.967 bits per heavy atom. The van der Waals surface area contributed by atoms with Crippen molar-refractivity contribution in [3.05, 3.63) is 52.5 Å². The Balaban J connectivity index is 1.38. The Morgan fingerprint density at radius 3 is 2.43 bits per heavy atom. The van der Waals surface area contributed by atoms with E-state index in [9.17, 15) is 5.11 Å². The van der Waals surface area contributed by atoms with Gasteiger partial charge in [-0.15, -0.1) is 16.4 Å². The first-order valence-corrected chi connectivity index (χ1v) is 11.8. The summed E-state index contributed by atoms with van der Waals surface area (Å²) < 4.78 is 2.12. The maximum absolute atomic E-state index is 9.57. The van der Waals surface area contributed by atoms with Crippen molar-refractivity contribution >= 4 is 17.0 Å². The average Bonchev–Trinajstić information content (AvgIpc) is 3.49. The Labute approximate surface area is 180 Å². The number of phenolic OH excluding ortho intramolecular Hbond substituents is 1. The van der Waals surface area contributed by atoms with Crippen LogP contribution in [0.25, 0.3) is 0 Å². The number of thiophene rings is 1. The summed E-state index contributed by atoms with van der Waals surface area (Å²) in [4.78, 5) is 6.21. The van der Waals surface area contributed by atoms with Crippen LogP contribution in [0.1, 0.15) is 54.9 Å². The highest BCUT2D eigenvalue weighted by molar-refractivity contribution is 7.10. The SMILES string of the molecule is Oc1ccc(N2CCN(C(c3cccs3)c3nnnn3C3CCCCC3)CC2)cc1. The van der Waals surface area contributed by atoms with Crippen LogP contribution in [0.3, 0.4) is 0 Å². The predicted octanol–water partition coefficient (Wildman–Crippen LogP) is 3.86. The Hall–Kier alpha value is -2.45. The summed E-state index contributed by atoms with van der Waals surface area (Å²) in [6, 6.07) is 12.4. The molecule has 0 spiro atoms. The second-order valence-corrected chi connectivity index (χ2v) is 9.21. The van der Waals surface area contributed by atoms with Crippen molar-refractivity contribution in [1.82, 2.24) is 25.1 Å². The molecule has 1 aliphatic carbocycles. The molecule has 0 amide bonds. The van der Waals surface area contributed by atoms with E-state index in [1.165, 1.54) is 37.0 Å². The molecule has 5 rings (SSSR count). The second-order valence-electron chi connectivity index (χ2n) is 8.23. The minimum atomic E-state index is 0.101. The molecule has 3 aromatic rings. The van der Waals surface area contributed by atoms with Crippen LogP contribution in [0.4, 0.5) is 5.69 Å². The monoisotopic (exact) mass is 424 g/mol. The molecule has 158 valence electrons. The molecule has 1 saturated carbocycles. The molecule has 2 aromatic heterocycles. The highest BCUT2D eigenvalue weighted by Crippen LogP contribution is 2.35. The first-order chi connectivity index (χ1) is 14.8. The maximum Gasteiger partial charge on any atom is 0.174 e. The fourth-order valence-corrected chi connectivity index (χ4v) is 5.64. The quantitative estimate of drug-likeness (QED) is 0.671. The summed E-state index contributed by atoms with van der Waals surface area (Å²) >= 11 is 1.79. The number of nitrogens with zero attached hydrogens (tertiary/aromatic N) is 6. The van der Waals surface area contributed by atoms with Crippen LogP contribution in [0.15, 0.2) is 41.8 Å². The van der Waals surface area contributed by atoms with Crippen LogP contribution in [0, 0.1) is 0 Å². The zero-order valence-electron chi connectivity index (χ0n) is 17.1. The van der Waals surface area contributed by atoms with Gasteiger partial charge in [-0.25, -0.2) is 4.68 Å². The second kappa shape index (κ2) is 8.73. The molecule has 2 fully saturated rings. The lowest BCUT2D eigenvalue weighted by Crippen LogP contribution is -2.48. The molecule has 30 heavy (non-hydrogen) atoms. The lowest BCUT2D eigenvalue weighted by atomic mass is 9.95. The third kappa shape index (κ3) is 3.94. The van der Waals surface area contributed by atoms with Crippen molar-refractivity contribution < 1.29 is 5.11 Å². The van der Waals surface area contributed by atoms with Crippen LogP contribution >= 0.6 is 11.3 Å². The van der Waals surface area contributed by atoms with Crippen LogP contribution in [-0.2, 0) is 0 Å². The maximum atomic E-state index is 9.57. The number of anilines is 1. The number of piperazine rings is 1. The topological polar surface area (TPSA) is 70.3 Å². The van der Waals surface area contributed by atoms with Gasteiger partial charge in [0.1, 0.15) is 11.8 Å². The largest absolute Gasteiger partial charge is 0.508 e. The van der Waals surface area contributed by atoms with E-state index in [2.05, 4.69) is 47.5 Å². The molecule has 1 atom stereocenters. The third-order valence-electron chi connectivity index (χ3n) is 6.39. The molecule has 2 aliphatic rings. The highest BCUT2D eigenvalue weighted by Gasteiger charge is 2.33. The molecule has 7 nitrogen and oxygen atoms in total. The van der Waals surface area contributed by atoms with Crippen LogP contribution in [-0.4, -0.2) is 56.4 Å². The Bertz CT molecular complexity index is 927. The van der Waals surface area contributed by atoms with Crippen LogP contribution in [0.2, 0.25) is 0 Å². The average molecular weight is 425 g/mol. The van der Waals surface area contributed by atoms with E-state index < -0.39 is 0 Å². The van der Waals surface area contributed by atoms with Gasteiger partial charge in [0, 0.05) is 36.7 Å². The fourth-order valence-electron chi connectivity index (χ4n) is 4.79. The van der Waals surface area contributed by atoms with Crippen molar-refractivity contribution in [2.45, 2.75) is 44.2 Å². The van der Waals surface area contributed by atoms with E-state index in [-0.39, 0.29) is 6.04 Å². The molecular formula is C22H28N6OS. The zero-order chi connectivity index (χ0) is 20.3. The molecule has 1 aliphatic heterocycles. The van der Waals surface area contributed by atoms with E-state index in [0.717, 1.165) is 37.7 Å². The Kier molecular flexibility index (Phi) is 5.68. The molecule has 0 radical (unpaired) electrons. The molecule has 1 saturated heterocycles. The van der Waals surface area contributed by atoms with E-state index >= 15 is 0 Å². The van der Waals surface area contributed by atoms with Gasteiger partial charge in [0.05, 0.1) is 6.04 Å². The van der Waals surface area contributed by atoms with Crippen LogP contribution < -0.4 is 4.90 Å². The van der Waals surface area contributed by atoms with Crippen molar-refractivity contribution in [1.29, 1.82) is 0 Å². The van der Waals surface area contributed by atoms with Crippen molar-refractivity contribution in [2.24, 2.45) is 0 Å². The van der Waals surface area contributed by atoms with E-state index in [1.54, 1.807) is 23.5 Å². The normalized spacial score (nSPS) is 19.8. The molecule has 1 unspecified atom stereocenters. The highest BCUT2D eigenvalue weighted by atomic mass is 32.1. The summed E-state index contributed by atoms with van der Waals surface area (Å²) in [5, 5.41) is 24.8. The van der Waals surface area contributed by atoms with Crippen molar-refractivity contribution in [3.8, 4) is 5.75 Å². The van der Waals surface area contributed by atoms with Gasteiger partial charge in [-0.3, -0.25) is 4.90 Å². The van der Waals surface area contributed by atoms with Gasteiger partial charge in [0.2, 0.25) is 0 Å². The van der Waals surface area contributed by atoms with Crippen LogP contribution in [0.5, 0.6) is 5.75 Å². The lowest BCUT2D eigenvalue weighted by molar-refractivity contribution is 0.196. The number of rotatable bonds is 5. The minimum absolute atomic E-state index is 0.101. The lowest BCUT2D eigenvalue weighted by Gasteiger charge is -2.39. The third-order valence-corrected chi connectivity index (χ3v) is 7.32. The Morgan fingerprint density at radius 2 is 1.73 bits per heavy atom. The number of hydrogen-bond donors (Lipinski definition) is 1. The van der Waals surface area contributed by atoms with Crippen molar-refractivity contribution in [2.75, 3.05) is 31.1 Å². The van der Waals surface area contributed by atoms with Gasteiger partial charge in [-0.1, -0.05) is 25.3 Å². The summed E-state index contributed by atoms with van der Waals surface area (Å²) in [5.74, 6) is 1.30. The van der Waals surface area contributed by atoms with Gasteiger partial charge in [-0.2, -0.15) is 0 Å². The summed E-state index contributed by atoms with van der Waals surface area (Å²) in [6.07, 6.45) is 6.19. The van der Waals surface area contributed by atoms with Gasteiger partial charge in [-0.05, 0) is 59.0 Å².